The van der Waals surface area contributed by atoms with Gasteiger partial charge < -0.3 is 5.73 Å². The largest absolute Gasteiger partial charge is 0.399 e. The topological polar surface area (TPSA) is 63.4 Å². The smallest absolute Gasteiger partial charge is 0.214 e. The van der Waals surface area contributed by atoms with Crippen molar-refractivity contribution in [2.75, 3.05) is 30.3 Å². The normalized spacial score (nSPS) is 15.7. The number of benzene rings is 1. The highest BCUT2D eigenvalue weighted by atomic mass is 32.2. The van der Waals surface area contributed by atoms with Crippen LogP contribution >= 0.6 is 11.8 Å². The molecule has 0 spiro atoms. The third-order valence-corrected chi connectivity index (χ3v) is 6.58. The average Bonchev–Trinajstić information content (AvgIpc) is 3.22. The molecule has 1 aliphatic carbocycles. The van der Waals surface area contributed by atoms with Crippen molar-refractivity contribution in [3.63, 3.8) is 0 Å². The van der Waals surface area contributed by atoms with Crippen molar-refractivity contribution in [2.24, 2.45) is 5.92 Å². The highest BCUT2D eigenvalue weighted by Gasteiger charge is 2.29. The number of hydrogen-bond acceptors (Lipinski definition) is 4. The van der Waals surface area contributed by atoms with E-state index >= 15 is 0 Å². The van der Waals surface area contributed by atoms with E-state index in [1.807, 2.05) is 31.2 Å². The van der Waals surface area contributed by atoms with Gasteiger partial charge in [0.05, 0.1) is 5.75 Å². The first-order chi connectivity index (χ1) is 9.51. The summed E-state index contributed by atoms with van der Waals surface area (Å²) in [5.74, 6) is 1.37. The van der Waals surface area contributed by atoms with E-state index in [1.165, 1.54) is 12.8 Å². The van der Waals surface area contributed by atoms with E-state index in [2.05, 4.69) is 0 Å². The third-order valence-electron chi connectivity index (χ3n) is 3.39. The van der Waals surface area contributed by atoms with Gasteiger partial charge in [0.2, 0.25) is 10.0 Å². The fourth-order valence-electron chi connectivity index (χ4n) is 1.99. The Morgan fingerprint density at radius 1 is 1.30 bits per heavy atom. The molecule has 0 aliphatic heterocycles. The zero-order valence-corrected chi connectivity index (χ0v) is 13.4. The fraction of sp³-hybridized carbons (Fsp3) is 0.571. The molecule has 0 saturated heterocycles. The van der Waals surface area contributed by atoms with E-state index in [9.17, 15) is 8.42 Å². The number of anilines is 1. The molecule has 0 bridgehead atoms. The van der Waals surface area contributed by atoms with Gasteiger partial charge in [-0.2, -0.15) is 0 Å². The number of sulfonamides is 1. The Bertz CT molecular complexity index is 525. The highest BCUT2D eigenvalue weighted by Crippen LogP contribution is 2.30. The molecule has 2 rings (SSSR count). The second-order valence-corrected chi connectivity index (χ2v) is 8.38. The monoisotopic (exact) mass is 314 g/mol. The molecule has 0 atom stereocenters. The first kappa shape index (κ1) is 15.7. The lowest BCUT2D eigenvalue weighted by molar-refractivity contribution is 0.413. The van der Waals surface area contributed by atoms with Gasteiger partial charge in [-0.05, 0) is 43.0 Å². The van der Waals surface area contributed by atoms with Crippen molar-refractivity contribution >= 4 is 27.5 Å². The number of hydrogen-bond donors (Lipinski definition) is 1. The first-order valence-corrected chi connectivity index (χ1v) is 9.57. The van der Waals surface area contributed by atoms with E-state index in [4.69, 9.17) is 5.73 Å². The summed E-state index contributed by atoms with van der Waals surface area (Å²) in [6.07, 6.45) is 2.35. The molecule has 112 valence electrons. The Balaban J connectivity index is 1.83. The summed E-state index contributed by atoms with van der Waals surface area (Å²) in [6.45, 7) is 3.18. The van der Waals surface area contributed by atoms with Crippen molar-refractivity contribution in [1.82, 2.24) is 4.31 Å². The van der Waals surface area contributed by atoms with Gasteiger partial charge >= 0.3 is 0 Å². The Morgan fingerprint density at radius 3 is 2.50 bits per heavy atom. The van der Waals surface area contributed by atoms with Crippen molar-refractivity contribution in [1.29, 1.82) is 0 Å². The highest BCUT2D eigenvalue weighted by molar-refractivity contribution is 8.00. The van der Waals surface area contributed by atoms with Gasteiger partial charge in [0.1, 0.15) is 0 Å². The minimum absolute atomic E-state index is 0.197. The Morgan fingerprint density at radius 2 is 1.95 bits per heavy atom. The minimum Gasteiger partial charge on any atom is -0.399 e. The van der Waals surface area contributed by atoms with Gasteiger partial charge in [-0.3, -0.25) is 0 Å². The molecule has 6 heteroatoms. The summed E-state index contributed by atoms with van der Waals surface area (Å²) in [5.41, 5.74) is 6.35. The molecular formula is C14H22N2O2S2. The molecule has 0 amide bonds. The van der Waals surface area contributed by atoms with Crippen LogP contribution in [0.5, 0.6) is 0 Å². The van der Waals surface area contributed by atoms with Gasteiger partial charge in [0.15, 0.2) is 0 Å². The van der Waals surface area contributed by atoms with E-state index in [0.717, 1.165) is 10.6 Å². The Labute approximate surface area is 125 Å². The van der Waals surface area contributed by atoms with Gasteiger partial charge in [-0.25, -0.2) is 12.7 Å². The molecule has 1 saturated carbocycles. The van der Waals surface area contributed by atoms with Crippen molar-refractivity contribution in [3.8, 4) is 0 Å². The van der Waals surface area contributed by atoms with Crippen LogP contribution in [0.1, 0.15) is 19.8 Å². The van der Waals surface area contributed by atoms with Crippen molar-refractivity contribution in [3.05, 3.63) is 24.3 Å². The van der Waals surface area contributed by atoms with E-state index in [1.54, 1.807) is 16.1 Å². The van der Waals surface area contributed by atoms with Crippen LogP contribution in [-0.4, -0.2) is 37.3 Å². The van der Waals surface area contributed by atoms with Crippen LogP contribution in [-0.2, 0) is 10.0 Å². The van der Waals surface area contributed by atoms with Crippen LogP contribution in [0, 0.1) is 5.92 Å². The molecule has 0 aromatic heterocycles. The van der Waals surface area contributed by atoms with Gasteiger partial charge in [-0.1, -0.05) is 6.92 Å². The summed E-state index contributed by atoms with van der Waals surface area (Å²) in [7, 11) is -3.12. The molecule has 20 heavy (non-hydrogen) atoms. The summed E-state index contributed by atoms with van der Waals surface area (Å²) >= 11 is 1.56. The molecule has 0 heterocycles. The quantitative estimate of drug-likeness (QED) is 0.591. The lowest BCUT2D eigenvalue weighted by atomic mass is 10.3. The van der Waals surface area contributed by atoms with Crippen LogP contribution in [0.15, 0.2) is 29.2 Å². The molecule has 1 aromatic rings. The summed E-state index contributed by atoms with van der Waals surface area (Å²) in [4.78, 5) is 1.06. The van der Waals surface area contributed by atoms with Gasteiger partial charge in [0.25, 0.3) is 0 Å². The van der Waals surface area contributed by atoms with E-state index < -0.39 is 10.0 Å². The van der Waals surface area contributed by atoms with Crippen LogP contribution in [0.4, 0.5) is 5.69 Å². The summed E-state index contributed by atoms with van der Waals surface area (Å²) in [6, 6.07) is 7.52. The zero-order chi connectivity index (χ0) is 14.6. The second kappa shape index (κ2) is 6.83. The third kappa shape index (κ3) is 4.68. The van der Waals surface area contributed by atoms with Crippen molar-refractivity contribution < 1.29 is 8.42 Å². The molecular weight excluding hydrogens is 292 g/mol. The molecule has 1 aromatic carbocycles. The van der Waals surface area contributed by atoms with E-state index in [0.29, 0.717) is 24.8 Å². The van der Waals surface area contributed by atoms with Crippen molar-refractivity contribution in [2.45, 2.75) is 24.7 Å². The SMILES string of the molecule is CCN(CC1CC1)S(=O)(=O)CCSc1ccc(N)cc1. The molecule has 1 aliphatic rings. The maximum atomic E-state index is 12.3. The van der Waals surface area contributed by atoms with Crippen LogP contribution in [0.2, 0.25) is 0 Å². The minimum atomic E-state index is -3.12. The standard InChI is InChI=1S/C14H22N2O2S2/c1-2-16(11-12-3-4-12)20(17,18)10-9-19-14-7-5-13(15)6-8-14/h5-8,12H,2-4,9-11,15H2,1H3. The molecule has 4 nitrogen and oxygen atoms in total. The lowest BCUT2D eigenvalue weighted by Gasteiger charge is -2.20. The second-order valence-electron chi connectivity index (χ2n) is 5.13. The van der Waals surface area contributed by atoms with Gasteiger partial charge in [-0.15, -0.1) is 11.8 Å². The Hall–Kier alpha value is -0.720. The Kier molecular flexibility index (Phi) is 5.35. The van der Waals surface area contributed by atoms with Crippen LogP contribution in [0.25, 0.3) is 0 Å². The molecule has 2 N–H and O–H groups in total. The number of nitrogens with two attached hydrogens (primary N) is 1. The maximum Gasteiger partial charge on any atom is 0.214 e. The van der Waals surface area contributed by atoms with Gasteiger partial charge in [0, 0.05) is 29.4 Å². The molecule has 1 fully saturated rings. The average molecular weight is 314 g/mol. The summed E-state index contributed by atoms with van der Waals surface area (Å²) < 4.78 is 26.2. The lowest BCUT2D eigenvalue weighted by Crippen LogP contribution is -2.35. The van der Waals surface area contributed by atoms with E-state index in [-0.39, 0.29) is 5.75 Å². The maximum absolute atomic E-state index is 12.3. The number of rotatable bonds is 8. The molecule has 0 unspecified atom stereocenters. The summed E-state index contributed by atoms with van der Waals surface area (Å²) in [5, 5.41) is 0. The predicted octanol–water partition coefficient (Wildman–Crippen LogP) is 2.42. The fourth-order valence-corrected chi connectivity index (χ4v) is 4.82. The predicted molar refractivity (Wildman–Crippen MR) is 85.3 cm³/mol. The number of thioether (sulfide) groups is 1. The van der Waals surface area contributed by atoms with Crippen LogP contribution < -0.4 is 5.73 Å². The first-order valence-electron chi connectivity index (χ1n) is 6.97. The zero-order valence-electron chi connectivity index (χ0n) is 11.8. The van der Waals surface area contributed by atoms with Crippen LogP contribution in [0.3, 0.4) is 0 Å². The number of nitrogen functional groups attached to an aromatic ring is 1. The number of nitrogens with zero attached hydrogens (tertiary/aromatic N) is 1. The molecule has 0 radical (unpaired) electrons.